The highest BCUT2D eigenvalue weighted by Crippen LogP contribution is 2.41. The van der Waals surface area contributed by atoms with Crippen LogP contribution in [0.3, 0.4) is 0 Å². The fourth-order valence-electron chi connectivity index (χ4n) is 3.45. The second-order valence-corrected chi connectivity index (χ2v) is 10.4. The van der Waals surface area contributed by atoms with Gasteiger partial charge in [-0.25, -0.2) is 8.42 Å². The highest BCUT2D eigenvalue weighted by molar-refractivity contribution is 8.13. The molecule has 0 bridgehead atoms. The molecule has 0 saturated heterocycles. The minimum atomic E-state index is -3.62. The summed E-state index contributed by atoms with van der Waals surface area (Å²) in [5, 5.41) is 21.2. The Balaban J connectivity index is 1.89. The van der Waals surface area contributed by atoms with E-state index in [9.17, 15) is 23.4 Å². The van der Waals surface area contributed by atoms with Crippen LogP contribution in [0.1, 0.15) is 5.56 Å². The first-order valence-electron chi connectivity index (χ1n) is 9.43. The molecule has 0 aliphatic rings. The van der Waals surface area contributed by atoms with Gasteiger partial charge in [0.1, 0.15) is 22.6 Å². The van der Waals surface area contributed by atoms with Crippen molar-refractivity contribution in [1.29, 1.82) is 0 Å². The summed E-state index contributed by atoms with van der Waals surface area (Å²) in [5.74, 6) is -0.726. The standard InChI is InChI=1S/C23H16Cl2O6S/c24-16-4-2-1-3-15(16)20-12-19(28)22-18(27)11-17(26)21(23(22)31-20)14-7-5-13(6-8-14)9-10-32(25,29)30/h1-8,11-12,26-27H,9-10H2. The summed E-state index contributed by atoms with van der Waals surface area (Å²) in [7, 11) is 1.65. The number of halogens is 2. The first-order chi connectivity index (χ1) is 15.1. The molecule has 0 spiro atoms. The van der Waals surface area contributed by atoms with Crippen molar-refractivity contribution in [2.45, 2.75) is 6.42 Å². The maximum absolute atomic E-state index is 12.8. The average molecular weight is 491 g/mol. The van der Waals surface area contributed by atoms with Crippen LogP contribution in [0, 0.1) is 0 Å². The van der Waals surface area contributed by atoms with Crippen LogP contribution in [-0.2, 0) is 15.5 Å². The third kappa shape index (κ3) is 4.46. The van der Waals surface area contributed by atoms with Gasteiger partial charge in [0.25, 0.3) is 0 Å². The van der Waals surface area contributed by atoms with Crippen LogP contribution in [0.2, 0.25) is 5.02 Å². The van der Waals surface area contributed by atoms with Crippen LogP contribution in [0.4, 0.5) is 0 Å². The molecule has 0 unspecified atom stereocenters. The summed E-state index contributed by atoms with van der Waals surface area (Å²) in [6.07, 6.45) is 0.222. The number of rotatable bonds is 5. The topological polar surface area (TPSA) is 105 Å². The molecule has 0 aliphatic heterocycles. The monoisotopic (exact) mass is 490 g/mol. The number of hydrogen-bond donors (Lipinski definition) is 2. The SMILES string of the molecule is O=c1cc(-c2ccccc2Cl)oc2c(-c3ccc(CCS(=O)(=O)Cl)cc3)c(O)cc(O)c12. The molecule has 0 fully saturated rings. The minimum Gasteiger partial charge on any atom is -0.507 e. The highest BCUT2D eigenvalue weighted by Gasteiger charge is 2.20. The van der Waals surface area contributed by atoms with Crippen molar-refractivity contribution in [3.05, 3.63) is 81.5 Å². The predicted molar refractivity (Wildman–Crippen MR) is 125 cm³/mol. The number of hydrogen-bond acceptors (Lipinski definition) is 6. The third-order valence-corrected chi connectivity index (χ3v) is 6.46. The first kappa shape index (κ1) is 22.2. The van der Waals surface area contributed by atoms with Gasteiger partial charge in [0.15, 0.2) is 11.0 Å². The van der Waals surface area contributed by atoms with Crippen molar-refractivity contribution in [2.24, 2.45) is 0 Å². The summed E-state index contributed by atoms with van der Waals surface area (Å²) < 4.78 is 28.3. The molecule has 0 atom stereocenters. The van der Waals surface area contributed by atoms with Gasteiger partial charge in [-0.15, -0.1) is 0 Å². The van der Waals surface area contributed by atoms with Crippen LogP contribution in [0.15, 0.2) is 69.9 Å². The second kappa shape index (κ2) is 8.50. The molecule has 3 aromatic carbocycles. The molecule has 9 heteroatoms. The number of phenols is 2. The van der Waals surface area contributed by atoms with Crippen molar-refractivity contribution in [3.8, 4) is 33.9 Å². The number of fused-ring (bicyclic) bond motifs is 1. The zero-order chi connectivity index (χ0) is 23.0. The number of benzene rings is 3. The van der Waals surface area contributed by atoms with Crippen LogP contribution in [0.25, 0.3) is 33.4 Å². The molecule has 0 radical (unpaired) electrons. The molecular weight excluding hydrogens is 475 g/mol. The molecule has 32 heavy (non-hydrogen) atoms. The Bertz CT molecular complexity index is 1490. The third-order valence-electron chi connectivity index (χ3n) is 4.98. The van der Waals surface area contributed by atoms with E-state index in [0.29, 0.717) is 16.1 Å². The van der Waals surface area contributed by atoms with Crippen molar-refractivity contribution in [3.63, 3.8) is 0 Å². The van der Waals surface area contributed by atoms with E-state index < -0.39 is 20.2 Å². The lowest BCUT2D eigenvalue weighted by molar-refractivity contribution is 0.454. The van der Waals surface area contributed by atoms with Crippen molar-refractivity contribution < 1.29 is 23.0 Å². The normalized spacial score (nSPS) is 11.7. The Morgan fingerprint density at radius 1 is 0.938 bits per heavy atom. The maximum atomic E-state index is 12.8. The summed E-state index contributed by atoms with van der Waals surface area (Å²) in [6.45, 7) is 0. The van der Waals surface area contributed by atoms with Gasteiger partial charge >= 0.3 is 0 Å². The van der Waals surface area contributed by atoms with Gasteiger partial charge in [0.05, 0.1) is 16.3 Å². The Kier molecular flexibility index (Phi) is 5.90. The quantitative estimate of drug-likeness (QED) is 0.367. The van der Waals surface area contributed by atoms with Crippen LogP contribution < -0.4 is 5.43 Å². The Labute approximate surface area is 192 Å². The van der Waals surface area contributed by atoms with Gasteiger partial charge in [-0.3, -0.25) is 4.79 Å². The van der Waals surface area contributed by atoms with Gasteiger partial charge < -0.3 is 14.6 Å². The Morgan fingerprint density at radius 2 is 1.62 bits per heavy atom. The van der Waals surface area contributed by atoms with Crippen molar-refractivity contribution >= 4 is 42.3 Å². The lowest BCUT2D eigenvalue weighted by Gasteiger charge is -2.12. The van der Waals surface area contributed by atoms with E-state index in [1.807, 2.05) is 0 Å². The largest absolute Gasteiger partial charge is 0.507 e. The molecule has 4 aromatic rings. The van der Waals surface area contributed by atoms with Gasteiger partial charge in [0.2, 0.25) is 9.05 Å². The molecule has 1 heterocycles. The lowest BCUT2D eigenvalue weighted by Crippen LogP contribution is -2.02. The van der Waals surface area contributed by atoms with E-state index in [-0.39, 0.29) is 40.2 Å². The molecule has 164 valence electrons. The van der Waals surface area contributed by atoms with E-state index in [0.717, 1.165) is 11.6 Å². The highest BCUT2D eigenvalue weighted by atomic mass is 35.7. The van der Waals surface area contributed by atoms with Gasteiger partial charge in [-0.1, -0.05) is 48.0 Å². The number of phenolic OH excluding ortho intramolecular Hbond substituents is 2. The lowest BCUT2D eigenvalue weighted by atomic mass is 9.98. The molecule has 6 nitrogen and oxygen atoms in total. The van der Waals surface area contributed by atoms with Crippen LogP contribution in [0.5, 0.6) is 11.5 Å². The first-order valence-corrected chi connectivity index (χ1v) is 12.3. The Morgan fingerprint density at radius 3 is 2.28 bits per heavy atom. The fraction of sp³-hybridized carbons (Fsp3) is 0.0870. The van der Waals surface area contributed by atoms with E-state index in [1.165, 1.54) is 6.07 Å². The summed E-state index contributed by atoms with van der Waals surface area (Å²) in [6, 6.07) is 15.8. The molecule has 0 amide bonds. The van der Waals surface area contributed by atoms with Crippen LogP contribution >= 0.6 is 22.3 Å². The van der Waals surface area contributed by atoms with Crippen molar-refractivity contribution in [2.75, 3.05) is 5.75 Å². The van der Waals surface area contributed by atoms with Gasteiger partial charge in [-0.2, -0.15) is 0 Å². The zero-order valence-electron chi connectivity index (χ0n) is 16.4. The molecule has 0 aliphatic carbocycles. The molecule has 1 aromatic heterocycles. The fourth-order valence-corrected chi connectivity index (χ4v) is 4.39. The predicted octanol–water partition coefficient (Wildman–Crippen LogP) is 5.30. The average Bonchev–Trinajstić information content (AvgIpc) is 2.72. The molecular formula is C23H16Cl2O6S. The minimum absolute atomic E-state index is 0.000931. The van der Waals surface area contributed by atoms with E-state index in [1.54, 1.807) is 48.5 Å². The number of aryl methyl sites for hydroxylation is 1. The van der Waals surface area contributed by atoms with E-state index in [4.69, 9.17) is 26.7 Å². The summed E-state index contributed by atoms with van der Waals surface area (Å²) >= 11 is 6.25. The Hall–Kier alpha value is -3.00. The second-order valence-electron chi connectivity index (χ2n) is 7.14. The van der Waals surface area contributed by atoms with Crippen molar-refractivity contribution in [1.82, 2.24) is 0 Å². The summed E-state index contributed by atoms with van der Waals surface area (Å²) in [5.41, 5.74) is 1.42. The molecule has 0 saturated carbocycles. The van der Waals surface area contributed by atoms with Gasteiger partial charge in [-0.05, 0) is 29.7 Å². The van der Waals surface area contributed by atoms with Crippen LogP contribution in [-0.4, -0.2) is 24.4 Å². The molecule has 2 N–H and O–H groups in total. The smallest absolute Gasteiger partial charge is 0.232 e. The zero-order valence-corrected chi connectivity index (χ0v) is 18.7. The maximum Gasteiger partial charge on any atom is 0.232 e. The summed E-state index contributed by atoms with van der Waals surface area (Å²) in [4.78, 5) is 12.8. The van der Waals surface area contributed by atoms with E-state index in [2.05, 4.69) is 0 Å². The van der Waals surface area contributed by atoms with Gasteiger partial charge in [0, 0.05) is 28.4 Å². The molecule has 4 rings (SSSR count). The van der Waals surface area contributed by atoms with E-state index >= 15 is 0 Å². The number of aromatic hydroxyl groups is 2.